The largest absolute Gasteiger partial charge is 0.493 e. The third-order valence-electron chi connectivity index (χ3n) is 2.94. The summed E-state index contributed by atoms with van der Waals surface area (Å²) in [7, 11) is 1.49. The number of carbonyl (C=O) groups is 1. The van der Waals surface area contributed by atoms with E-state index in [1.54, 1.807) is 30.5 Å². The van der Waals surface area contributed by atoms with Gasteiger partial charge in [-0.3, -0.25) is 5.43 Å². The van der Waals surface area contributed by atoms with Crippen molar-refractivity contribution in [3.63, 3.8) is 0 Å². The molecule has 0 bridgehead atoms. The van der Waals surface area contributed by atoms with Gasteiger partial charge in [0.05, 0.1) is 12.8 Å². The Bertz CT molecular complexity index is 702. The average molecular weight is 315 g/mol. The number of aliphatic carboxylic acids is 1. The van der Waals surface area contributed by atoms with Crippen LogP contribution in [0.15, 0.2) is 47.7 Å². The van der Waals surface area contributed by atoms with E-state index in [9.17, 15) is 4.79 Å². The second-order valence-electron chi connectivity index (χ2n) is 4.57. The molecule has 0 saturated heterocycles. The molecular formula is C16H17N3O4. The van der Waals surface area contributed by atoms with Gasteiger partial charge in [-0.25, -0.2) is 9.78 Å². The number of carboxylic acid groups (broad SMARTS) is 1. The third-order valence-corrected chi connectivity index (χ3v) is 2.94. The molecule has 0 spiro atoms. The van der Waals surface area contributed by atoms with Gasteiger partial charge in [0.25, 0.3) is 0 Å². The quantitative estimate of drug-likeness (QED) is 0.602. The zero-order valence-electron chi connectivity index (χ0n) is 12.8. The number of hydrogen-bond donors (Lipinski definition) is 2. The number of aromatic nitrogens is 1. The molecule has 2 N–H and O–H groups in total. The topological polar surface area (TPSA) is 93.0 Å². The first-order chi connectivity index (χ1) is 11.1. The Morgan fingerprint density at radius 1 is 1.30 bits per heavy atom. The molecule has 0 aliphatic carbocycles. The van der Waals surface area contributed by atoms with Crippen LogP contribution in [-0.4, -0.2) is 35.5 Å². The lowest BCUT2D eigenvalue weighted by Crippen LogP contribution is -2.10. The van der Waals surface area contributed by atoms with Gasteiger partial charge in [-0.2, -0.15) is 5.10 Å². The van der Waals surface area contributed by atoms with Crippen molar-refractivity contribution in [1.29, 1.82) is 0 Å². The van der Waals surface area contributed by atoms with Gasteiger partial charge in [0.2, 0.25) is 0 Å². The highest BCUT2D eigenvalue weighted by molar-refractivity contribution is 5.99. The molecule has 120 valence electrons. The lowest BCUT2D eigenvalue weighted by atomic mass is 10.1. The zero-order chi connectivity index (χ0) is 16.7. The first-order valence-electron chi connectivity index (χ1n) is 6.84. The molecule has 1 aromatic carbocycles. The number of hydrazone groups is 1. The van der Waals surface area contributed by atoms with Crippen molar-refractivity contribution < 1.29 is 19.4 Å². The maximum Gasteiger partial charge on any atom is 0.341 e. The second-order valence-corrected chi connectivity index (χ2v) is 4.57. The van der Waals surface area contributed by atoms with Crippen molar-refractivity contribution in [1.82, 2.24) is 4.98 Å². The highest BCUT2D eigenvalue weighted by atomic mass is 16.5. The number of methoxy groups -OCH3 is 1. The number of rotatable bonds is 7. The zero-order valence-corrected chi connectivity index (χ0v) is 12.8. The Labute approximate surface area is 133 Å². The van der Waals surface area contributed by atoms with Gasteiger partial charge >= 0.3 is 5.97 Å². The summed E-state index contributed by atoms with van der Waals surface area (Å²) in [6.07, 6.45) is 1.67. The van der Waals surface area contributed by atoms with Crippen molar-refractivity contribution in [2.75, 3.05) is 19.1 Å². The molecule has 0 atom stereocenters. The number of carboxylic acids is 1. The van der Waals surface area contributed by atoms with E-state index in [1.165, 1.54) is 7.11 Å². The fourth-order valence-electron chi connectivity index (χ4n) is 1.79. The highest BCUT2D eigenvalue weighted by Gasteiger charge is 2.09. The SMILES string of the molecule is COc1cc(C(C)=NNc2ccccn2)ccc1OCC(=O)O. The van der Waals surface area contributed by atoms with Gasteiger partial charge < -0.3 is 14.6 Å². The molecule has 0 fully saturated rings. The van der Waals surface area contributed by atoms with Crippen LogP contribution < -0.4 is 14.9 Å². The number of hydrogen-bond acceptors (Lipinski definition) is 6. The standard InChI is InChI=1S/C16H17N3O4/c1-11(18-19-15-5-3-4-8-17-15)12-6-7-13(14(9-12)22-2)23-10-16(20)21/h3-9H,10H2,1-2H3,(H,17,19)(H,20,21). The fraction of sp³-hybridized carbons (Fsp3) is 0.188. The molecule has 23 heavy (non-hydrogen) atoms. The molecule has 0 aliphatic rings. The average Bonchev–Trinajstić information content (AvgIpc) is 2.58. The molecule has 0 amide bonds. The van der Waals surface area contributed by atoms with Crippen molar-refractivity contribution >= 4 is 17.5 Å². The highest BCUT2D eigenvalue weighted by Crippen LogP contribution is 2.28. The summed E-state index contributed by atoms with van der Waals surface area (Å²) in [6.45, 7) is 1.41. The maximum atomic E-state index is 10.6. The van der Waals surface area contributed by atoms with Gasteiger partial charge in [0, 0.05) is 11.8 Å². The summed E-state index contributed by atoms with van der Waals surface area (Å²) in [5.41, 5.74) is 4.40. The van der Waals surface area contributed by atoms with E-state index in [2.05, 4.69) is 15.5 Å². The Balaban J connectivity index is 2.14. The van der Waals surface area contributed by atoms with Crippen molar-refractivity contribution in [2.24, 2.45) is 5.10 Å². The fourth-order valence-corrected chi connectivity index (χ4v) is 1.79. The summed E-state index contributed by atoms with van der Waals surface area (Å²) in [4.78, 5) is 14.7. The molecule has 7 heteroatoms. The Morgan fingerprint density at radius 2 is 2.13 bits per heavy atom. The Kier molecular flexibility index (Phi) is 5.51. The van der Waals surface area contributed by atoms with Gasteiger partial charge in [-0.1, -0.05) is 6.07 Å². The van der Waals surface area contributed by atoms with E-state index in [4.69, 9.17) is 14.6 Å². The minimum absolute atomic E-state index is 0.365. The van der Waals surface area contributed by atoms with Crippen molar-refractivity contribution in [2.45, 2.75) is 6.92 Å². The molecule has 0 saturated carbocycles. The van der Waals surface area contributed by atoms with Crippen LogP contribution in [0.4, 0.5) is 5.82 Å². The predicted octanol–water partition coefficient (Wildman–Crippen LogP) is 2.39. The Morgan fingerprint density at radius 3 is 2.78 bits per heavy atom. The van der Waals surface area contributed by atoms with Crippen molar-refractivity contribution in [3.8, 4) is 11.5 Å². The molecule has 0 radical (unpaired) electrons. The number of pyridine rings is 1. The Hall–Kier alpha value is -3.09. The molecule has 1 heterocycles. The summed E-state index contributed by atoms with van der Waals surface area (Å²) in [6, 6.07) is 10.6. The minimum Gasteiger partial charge on any atom is -0.493 e. The first kappa shape index (κ1) is 16.3. The summed E-state index contributed by atoms with van der Waals surface area (Å²) < 4.78 is 10.4. The number of nitrogens with zero attached hydrogens (tertiary/aromatic N) is 2. The molecule has 7 nitrogen and oxygen atoms in total. The lowest BCUT2D eigenvalue weighted by Gasteiger charge is -2.11. The van der Waals surface area contributed by atoms with Crippen LogP contribution in [-0.2, 0) is 4.79 Å². The van der Waals surface area contributed by atoms with Crippen LogP contribution in [0.1, 0.15) is 12.5 Å². The monoisotopic (exact) mass is 315 g/mol. The van der Waals surface area contributed by atoms with Crippen LogP contribution in [0.3, 0.4) is 0 Å². The number of anilines is 1. The van der Waals surface area contributed by atoms with E-state index >= 15 is 0 Å². The first-order valence-corrected chi connectivity index (χ1v) is 6.84. The van der Waals surface area contributed by atoms with Gasteiger partial charge in [-0.05, 0) is 37.3 Å². The van der Waals surface area contributed by atoms with E-state index < -0.39 is 12.6 Å². The molecule has 1 aromatic heterocycles. The van der Waals surface area contributed by atoms with Crippen LogP contribution in [0, 0.1) is 0 Å². The lowest BCUT2D eigenvalue weighted by molar-refractivity contribution is -0.139. The predicted molar refractivity (Wildman–Crippen MR) is 86.2 cm³/mol. The molecule has 0 unspecified atom stereocenters. The van der Waals surface area contributed by atoms with Gasteiger partial charge in [0.15, 0.2) is 18.1 Å². The number of benzene rings is 1. The van der Waals surface area contributed by atoms with Crippen molar-refractivity contribution in [3.05, 3.63) is 48.2 Å². The second kappa shape index (κ2) is 7.79. The van der Waals surface area contributed by atoms with E-state index in [1.807, 2.05) is 19.1 Å². The molecule has 0 aliphatic heterocycles. The minimum atomic E-state index is -1.05. The maximum absolute atomic E-state index is 10.6. The summed E-state index contributed by atoms with van der Waals surface area (Å²) >= 11 is 0. The molecule has 2 rings (SSSR count). The number of ether oxygens (including phenoxy) is 2. The summed E-state index contributed by atoms with van der Waals surface area (Å²) in [5, 5.41) is 12.9. The third kappa shape index (κ3) is 4.70. The smallest absolute Gasteiger partial charge is 0.341 e. The van der Waals surface area contributed by atoms with E-state index in [0.717, 1.165) is 11.3 Å². The normalized spacial score (nSPS) is 11.0. The van der Waals surface area contributed by atoms with Crippen LogP contribution in [0.2, 0.25) is 0 Å². The molecular weight excluding hydrogens is 298 g/mol. The van der Waals surface area contributed by atoms with E-state index in [-0.39, 0.29) is 0 Å². The number of nitrogens with one attached hydrogen (secondary N) is 1. The van der Waals surface area contributed by atoms with Crippen LogP contribution in [0.5, 0.6) is 11.5 Å². The molecule has 2 aromatic rings. The van der Waals surface area contributed by atoms with Gasteiger partial charge in [-0.15, -0.1) is 0 Å². The van der Waals surface area contributed by atoms with Crippen LogP contribution >= 0.6 is 0 Å². The van der Waals surface area contributed by atoms with Gasteiger partial charge in [0.1, 0.15) is 5.82 Å². The van der Waals surface area contributed by atoms with Crippen LogP contribution in [0.25, 0.3) is 0 Å². The van der Waals surface area contributed by atoms with E-state index in [0.29, 0.717) is 17.3 Å². The summed E-state index contributed by atoms with van der Waals surface area (Å²) in [5.74, 6) is 0.397.